The highest BCUT2D eigenvalue weighted by Gasteiger charge is 2.21. The van der Waals surface area contributed by atoms with Gasteiger partial charge in [0.2, 0.25) is 0 Å². The summed E-state index contributed by atoms with van der Waals surface area (Å²) in [4.78, 5) is 0. The van der Waals surface area contributed by atoms with E-state index in [1.807, 2.05) is 12.1 Å². The van der Waals surface area contributed by atoms with Crippen molar-refractivity contribution in [1.29, 1.82) is 0 Å². The molecular formula is C26H31F. The lowest BCUT2D eigenvalue weighted by Gasteiger charge is -2.26. The summed E-state index contributed by atoms with van der Waals surface area (Å²) in [6.07, 6.45) is 8.90. The van der Waals surface area contributed by atoms with Crippen LogP contribution in [0.1, 0.15) is 80.0 Å². The third-order valence-electron chi connectivity index (χ3n) is 5.80. The van der Waals surface area contributed by atoms with Crippen LogP contribution in [0, 0.1) is 30.5 Å². The first-order valence-corrected chi connectivity index (χ1v) is 10.5. The van der Waals surface area contributed by atoms with E-state index < -0.39 is 0 Å². The molecule has 0 unspecified atom stereocenters. The number of aryl methyl sites for hydroxylation is 2. The molecule has 142 valence electrons. The monoisotopic (exact) mass is 362 g/mol. The summed E-state index contributed by atoms with van der Waals surface area (Å²) in [6.45, 7) is 4.31. The summed E-state index contributed by atoms with van der Waals surface area (Å²) in [5.41, 5.74) is 4.43. The van der Waals surface area contributed by atoms with Crippen LogP contribution in [-0.4, -0.2) is 0 Å². The van der Waals surface area contributed by atoms with Crippen LogP contribution >= 0.6 is 0 Å². The molecule has 0 saturated heterocycles. The topological polar surface area (TPSA) is 0 Å². The summed E-state index contributed by atoms with van der Waals surface area (Å²) in [5, 5.41) is 0. The van der Waals surface area contributed by atoms with Crippen molar-refractivity contribution in [3.8, 4) is 11.8 Å². The van der Waals surface area contributed by atoms with Crippen LogP contribution < -0.4 is 0 Å². The first-order valence-electron chi connectivity index (χ1n) is 10.5. The molecule has 0 radical (unpaired) electrons. The Morgan fingerprint density at radius 2 is 1.70 bits per heavy atom. The van der Waals surface area contributed by atoms with Crippen LogP contribution in [0.3, 0.4) is 0 Å². The minimum atomic E-state index is -0.0963. The molecule has 3 rings (SSSR count). The molecule has 1 saturated carbocycles. The Labute approximate surface area is 164 Å². The van der Waals surface area contributed by atoms with Crippen LogP contribution in [-0.2, 0) is 6.42 Å². The van der Waals surface area contributed by atoms with Crippen molar-refractivity contribution in [2.24, 2.45) is 5.92 Å². The molecule has 0 atom stereocenters. The highest BCUT2D eigenvalue weighted by atomic mass is 19.1. The highest BCUT2D eigenvalue weighted by molar-refractivity contribution is 5.37. The van der Waals surface area contributed by atoms with E-state index in [0.29, 0.717) is 11.8 Å². The molecule has 0 bridgehead atoms. The van der Waals surface area contributed by atoms with Gasteiger partial charge in [0.05, 0.1) is 0 Å². The average molecular weight is 363 g/mol. The van der Waals surface area contributed by atoms with E-state index in [0.717, 1.165) is 49.7 Å². The zero-order chi connectivity index (χ0) is 19.1. The minimum absolute atomic E-state index is 0.0963. The first-order chi connectivity index (χ1) is 13.2. The maximum atomic E-state index is 14.2. The van der Waals surface area contributed by atoms with Crippen molar-refractivity contribution in [3.05, 3.63) is 70.5 Å². The zero-order valence-electron chi connectivity index (χ0n) is 16.7. The van der Waals surface area contributed by atoms with Gasteiger partial charge in [0.15, 0.2) is 0 Å². The Bertz CT molecular complexity index is 783. The van der Waals surface area contributed by atoms with Crippen molar-refractivity contribution in [2.45, 2.75) is 71.1 Å². The van der Waals surface area contributed by atoms with Crippen LogP contribution in [0.15, 0.2) is 42.5 Å². The molecule has 0 spiro atoms. The van der Waals surface area contributed by atoms with Crippen molar-refractivity contribution in [1.82, 2.24) is 0 Å². The fourth-order valence-electron chi connectivity index (χ4n) is 3.99. The minimum Gasteiger partial charge on any atom is -0.207 e. The van der Waals surface area contributed by atoms with Gasteiger partial charge in [-0.25, -0.2) is 4.39 Å². The lowest BCUT2D eigenvalue weighted by molar-refractivity contribution is 0.384. The number of hydrogen-bond acceptors (Lipinski definition) is 0. The van der Waals surface area contributed by atoms with Crippen molar-refractivity contribution in [2.75, 3.05) is 0 Å². The van der Waals surface area contributed by atoms with E-state index in [1.165, 1.54) is 24.0 Å². The molecule has 0 aromatic heterocycles. The summed E-state index contributed by atoms with van der Waals surface area (Å²) in [7, 11) is 0. The van der Waals surface area contributed by atoms with Gasteiger partial charge >= 0.3 is 0 Å². The predicted octanol–water partition coefficient (Wildman–Crippen LogP) is 7.19. The molecule has 0 nitrogen and oxygen atoms in total. The molecule has 0 heterocycles. The zero-order valence-corrected chi connectivity index (χ0v) is 16.7. The van der Waals surface area contributed by atoms with Gasteiger partial charge in [0.25, 0.3) is 0 Å². The van der Waals surface area contributed by atoms with Crippen molar-refractivity contribution >= 4 is 0 Å². The Balaban J connectivity index is 1.54. The number of benzene rings is 2. The molecule has 2 aromatic carbocycles. The average Bonchev–Trinajstić information content (AvgIpc) is 2.69. The normalized spacial score (nSPS) is 19.4. The Morgan fingerprint density at radius 1 is 0.963 bits per heavy atom. The van der Waals surface area contributed by atoms with Gasteiger partial charge < -0.3 is 0 Å². The van der Waals surface area contributed by atoms with E-state index in [4.69, 9.17) is 0 Å². The summed E-state index contributed by atoms with van der Waals surface area (Å²) < 4.78 is 14.2. The van der Waals surface area contributed by atoms with Crippen molar-refractivity contribution < 1.29 is 4.39 Å². The molecular weight excluding hydrogens is 331 g/mol. The Hall–Kier alpha value is -2.07. The molecule has 0 amide bonds. The molecule has 1 aliphatic carbocycles. The second-order valence-electron chi connectivity index (χ2n) is 7.99. The second kappa shape index (κ2) is 9.75. The van der Waals surface area contributed by atoms with E-state index in [1.54, 1.807) is 6.07 Å². The SMILES string of the molecule is CCCCCc1ccc(C#C[C@H]2CC[C@H](c3ccc(C)cc3)CC2)cc1F. The Morgan fingerprint density at radius 3 is 2.37 bits per heavy atom. The number of hydrogen-bond donors (Lipinski definition) is 0. The number of halogens is 1. The second-order valence-corrected chi connectivity index (χ2v) is 7.99. The van der Waals surface area contributed by atoms with Gasteiger partial charge in [-0.15, -0.1) is 0 Å². The van der Waals surface area contributed by atoms with E-state index in [-0.39, 0.29) is 5.82 Å². The maximum Gasteiger partial charge on any atom is 0.127 e. The summed E-state index contributed by atoms with van der Waals surface area (Å²) in [6, 6.07) is 14.5. The summed E-state index contributed by atoms with van der Waals surface area (Å²) in [5.74, 6) is 7.64. The smallest absolute Gasteiger partial charge is 0.127 e. The fourth-order valence-corrected chi connectivity index (χ4v) is 3.99. The third-order valence-corrected chi connectivity index (χ3v) is 5.80. The van der Waals surface area contributed by atoms with Crippen molar-refractivity contribution in [3.63, 3.8) is 0 Å². The molecule has 27 heavy (non-hydrogen) atoms. The lowest BCUT2D eigenvalue weighted by Crippen LogP contribution is -2.12. The van der Waals surface area contributed by atoms with Gasteiger partial charge in [-0.2, -0.15) is 0 Å². The van der Waals surface area contributed by atoms with E-state index in [9.17, 15) is 4.39 Å². The van der Waals surface area contributed by atoms with E-state index in [2.05, 4.69) is 50.0 Å². The van der Waals surface area contributed by atoms with Crippen LogP contribution in [0.4, 0.5) is 4.39 Å². The van der Waals surface area contributed by atoms with E-state index >= 15 is 0 Å². The van der Waals surface area contributed by atoms with Gasteiger partial charge in [0.1, 0.15) is 5.82 Å². The predicted molar refractivity (Wildman–Crippen MR) is 112 cm³/mol. The number of unbranched alkanes of at least 4 members (excludes halogenated alkanes) is 2. The first kappa shape index (κ1) is 19.7. The quantitative estimate of drug-likeness (QED) is 0.390. The van der Waals surface area contributed by atoms with Gasteiger partial charge in [0, 0.05) is 11.5 Å². The summed E-state index contributed by atoms with van der Waals surface area (Å²) >= 11 is 0. The number of rotatable bonds is 5. The van der Waals surface area contributed by atoms with Gasteiger partial charge in [-0.3, -0.25) is 0 Å². The largest absolute Gasteiger partial charge is 0.207 e. The van der Waals surface area contributed by atoms with Crippen LogP contribution in [0.2, 0.25) is 0 Å². The third kappa shape index (κ3) is 5.70. The molecule has 1 aliphatic rings. The molecule has 0 N–H and O–H groups in total. The molecule has 2 aromatic rings. The van der Waals surface area contributed by atoms with Crippen LogP contribution in [0.5, 0.6) is 0 Å². The fraction of sp³-hybridized carbons (Fsp3) is 0.462. The van der Waals surface area contributed by atoms with Gasteiger partial charge in [-0.05, 0) is 74.6 Å². The lowest BCUT2D eigenvalue weighted by atomic mass is 9.79. The maximum absolute atomic E-state index is 14.2. The molecule has 1 heteroatoms. The highest BCUT2D eigenvalue weighted by Crippen LogP contribution is 2.35. The standard InChI is InChI=1S/C26H31F/c1-3-4-5-6-25-18-13-22(19-26(25)27)10-9-21-11-16-24(17-12-21)23-14-7-20(2)8-15-23/h7-8,13-15,18-19,21,24H,3-6,11-12,16-17H2,1-2H3/t21-,24-. The van der Waals surface area contributed by atoms with Gasteiger partial charge in [-0.1, -0.05) is 67.5 Å². The van der Waals surface area contributed by atoms with Crippen LogP contribution in [0.25, 0.3) is 0 Å². The molecule has 0 aliphatic heterocycles. The Kier molecular flexibility index (Phi) is 7.11. The molecule has 1 fully saturated rings.